The highest BCUT2D eigenvalue weighted by Crippen LogP contribution is 2.31. The average molecular weight is 681 g/mol. The number of anilines is 2. The summed E-state index contributed by atoms with van der Waals surface area (Å²) in [6, 6.07) is 33.2. The zero-order valence-electron chi connectivity index (χ0n) is 28.3. The van der Waals surface area contributed by atoms with E-state index in [1.165, 1.54) is 0 Å². The number of aromatic amines is 1. The number of nitrogens with zero attached hydrogens (tertiary/aromatic N) is 3. The Morgan fingerprint density at radius 3 is 1.53 bits per heavy atom. The lowest BCUT2D eigenvalue weighted by Gasteiger charge is -2.24. The highest BCUT2D eigenvalue weighted by atomic mass is 16.2. The monoisotopic (exact) mass is 680 g/mol. The Balaban J connectivity index is 0.958. The molecule has 51 heavy (non-hydrogen) atoms. The van der Waals surface area contributed by atoms with E-state index in [1.807, 2.05) is 109 Å². The molecule has 2 aliphatic heterocycles. The second-order valence-electron chi connectivity index (χ2n) is 13.1. The fourth-order valence-corrected chi connectivity index (χ4v) is 7.04. The zero-order chi connectivity index (χ0) is 35.2. The van der Waals surface area contributed by atoms with Crippen LogP contribution < -0.4 is 10.6 Å². The molecule has 0 saturated carbocycles. The van der Waals surface area contributed by atoms with E-state index in [0.717, 1.165) is 46.5 Å². The first kappa shape index (κ1) is 33.5. The zero-order valence-corrected chi connectivity index (χ0v) is 28.3. The first-order valence-electron chi connectivity index (χ1n) is 17.5. The maximum absolute atomic E-state index is 13.3. The molecule has 258 valence electrons. The third-order valence-electron chi connectivity index (χ3n) is 9.65. The van der Waals surface area contributed by atoms with E-state index in [9.17, 15) is 19.2 Å². The number of rotatable bonds is 10. The number of imidazole rings is 1. The lowest BCUT2D eigenvalue weighted by atomic mass is 10.0. The van der Waals surface area contributed by atoms with Gasteiger partial charge in [-0.05, 0) is 61.1 Å². The smallest absolute Gasteiger partial charge is 0.247 e. The van der Waals surface area contributed by atoms with Gasteiger partial charge in [-0.25, -0.2) is 4.98 Å². The number of nitrogens with one attached hydrogen (secondary N) is 3. The first-order chi connectivity index (χ1) is 24.9. The third-order valence-corrected chi connectivity index (χ3v) is 9.65. The molecular weight excluding hydrogens is 640 g/mol. The Morgan fingerprint density at radius 2 is 1.06 bits per heavy atom. The topological polar surface area (TPSA) is 128 Å². The SMILES string of the molecule is O=C(Nc1ccc(-c2nc[nH]c2-c2ccc(NC(=O)C3CCCN3C(=O)Cc3ccccc3)cc2)cc1)C1CCCN1C(=O)Cc1ccccc1. The molecule has 3 heterocycles. The molecule has 2 saturated heterocycles. The van der Waals surface area contributed by atoms with Crippen LogP contribution >= 0.6 is 0 Å². The van der Waals surface area contributed by atoms with Gasteiger partial charge in [-0.15, -0.1) is 0 Å². The Labute approximate surface area is 296 Å². The van der Waals surface area contributed by atoms with Crippen LogP contribution in [0.4, 0.5) is 11.4 Å². The van der Waals surface area contributed by atoms with Crippen molar-refractivity contribution in [2.75, 3.05) is 23.7 Å². The molecule has 0 radical (unpaired) electrons. The van der Waals surface area contributed by atoms with Crippen LogP contribution in [0.1, 0.15) is 36.8 Å². The van der Waals surface area contributed by atoms with E-state index in [2.05, 4.69) is 20.6 Å². The molecule has 2 unspecified atom stereocenters. The van der Waals surface area contributed by atoms with Crippen molar-refractivity contribution in [1.29, 1.82) is 0 Å². The van der Waals surface area contributed by atoms with Gasteiger partial charge in [0.25, 0.3) is 0 Å². The molecule has 2 fully saturated rings. The summed E-state index contributed by atoms with van der Waals surface area (Å²) in [4.78, 5) is 63.7. The number of hydrogen-bond acceptors (Lipinski definition) is 5. The Morgan fingerprint density at radius 1 is 0.608 bits per heavy atom. The third kappa shape index (κ3) is 7.75. The number of carbonyl (C=O) groups is 4. The van der Waals surface area contributed by atoms with Gasteiger partial charge in [-0.1, -0.05) is 84.9 Å². The van der Waals surface area contributed by atoms with Gasteiger partial charge in [0.2, 0.25) is 23.6 Å². The standard InChI is InChI=1S/C41H40N6O4/c48-36(25-28-9-3-1-4-10-28)46-23-7-13-34(46)40(50)44-32-19-15-30(16-20-32)38-39(43-27-42-38)31-17-21-33(22-18-31)45-41(51)35-14-8-24-47(35)37(49)26-29-11-5-2-6-12-29/h1-6,9-12,15-22,27,34-35H,7-8,13-14,23-26H2,(H,42,43)(H,44,50)(H,45,51). The van der Waals surface area contributed by atoms with E-state index < -0.39 is 12.1 Å². The van der Waals surface area contributed by atoms with Crippen molar-refractivity contribution in [3.63, 3.8) is 0 Å². The fourth-order valence-electron chi connectivity index (χ4n) is 7.04. The molecule has 3 N–H and O–H groups in total. The minimum absolute atomic E-state index is 0.0390. The van der Waals surface area contributed by atoms with Crippen LogP contribution in [0.15, 0.2) is 116 Å². The number of aromatic nitrogens is 2. The van der Waals surface area contributed by atoms with Crippen molar-refractivity contribution in [3.05, 3.63) is 127 Å². The summed E-state index contributed by atoms with van der Waals surface area (Å²) in [6.07, 6.45) is 5.05. The van der Waals surface area contributed by atoms with E-state index in [1.54, 1.807) is 16.1 Å². The molecule has 2 atom stereocenters. The predicted molar refractivity (Wildman–Crippen MR) is 196 cm³/mol. The van der Waals surface area contributed by atoms with Crippen LogP contribution in [0.2, 0.25) is 0 Å². The summed E-state index contributed by atoms with van der Waals surface area (Å²) in [5.74, 6) is -0.450. The summed E-state index contributed by atoms with van der Waals surface area (Å²) in [5, 5.41) is 5.99. The quantitative estimate of drug-likeness (QED) is 0.165. The van der Waals surface area contributed by atoms with Gasteiger partial charge < -0.3 is 25.4 Å². The molecule has 4 amide bonds. The summed E-state index contributed by atoms with van der Waals surface area (Å²) in [5.41, 5.74) is 6.48. The highest BCUT2D eigenvalue weighted by molar-refractivity contribution is 5.99. The second kappa shape index (κ2) is 15.2. The van der Waals surface area contributed by atoms with E-state index >= 15 is 0 Å². The van der Waals surface area contributed by atoms with Gasteiger partial charge in [-0.3, -0.25) is 19.2 Å². The maximum Gasteiger partial charge on any atom is 0.247 e. The molecule has 0 spiro atoms. The first-order valence-corrected chi connectivity index (χ1v) is 17.5. The van der Waals surface area contributed by atoms with Crippen molar-refractivity contribution >= 4 is 35.0 Å². The van der Waals surface area contributed by atoms with Crippen LogP contribution in [0.3, 0.4) is 0 Å². The van der Waals surface area contributed by atoms with Crippen LogP contribution in [-0.4, -0.2) is 68.6 Å². The fraction of sp³-hybridized carbons (Fsp3) is 0.244. The predicted octanol–water partition coefficient (Wildman–Crippen LogP) is 6.09. The number of hydrogen-bond donors (Lipinski definition) is 3. The summed E-state index contributed by atoms with van der Waals surface area (Å²) in [6.45, 7) is 1.15. The normalized spacial score (nSPS) is 16.9. The molecule has 1 aromatic heterocycles. The Bertz CT molecular complexity index is 1850. The van der Waals surface area contributed by atoms with Crippen molar-refractivity contribution in [2.24, 2.45) is 0 Å². The number of H-pyrrole nitrogens is 1. The van der Waals surface area contributed by atoms with Gasteiger partial charge in [0.05, 0.1) is 30.6 Å². The van der Waals surface area contributed by atoms with E-state index in [4.69, 9.17) is 0 Å². The summed E-state index contributed by atoms with van der Waals surface area (Å²) < 4.78 is 0. The molecule has 2 aliphatic rings. The average Bonchev–Trinajstić information content (AvgIpc) is 3.95. The highest BCUT2D eigenvalue weighted by Gasteiger charge is 2.35. The minimum Gasteiger partial charge on any atom is -0.344 e. The van der Waals surface area contributed by atoms with Gasteiger partial charge >= 0.3 is 0 Å². The Kier molecular flexibility index (Phi) is 10.0. The molecule has 5 aromatic rings. The minimum atomic E-state index is -0.495. The van der Waals surface area contributed by atoms with Gasteiger partial charge in [0, 0.05) is 35.6 Å². The van der Waals surface area contributed by atoms with Crippen molar-refractivity contribution < 1.29 is 19.2 Å². The lowest BCUT2D eigenvalue weighted by Crippen LogP contribution is -2.43. The van der Waals surface area contributed by atoms with E-state index in [0.29, 0.717) is 37.3 Å². The number of benzene rings is 4. The maximum atomic E-state index is 13.3. The van der Waals surface area contributed by atoms with E-state index in [-0.39, 0.29) is 36.5 Å². The van der Waals surface area contributed by atoms with Crippen molar-refractivity contribution in [2.45, 2.75) is 50.6 Å². The summed E-state index contributed by atoms with van der Waals surface area (Å²) in [7, 11) is 0. The summed E-state index contributed by atoms with van der Waals surface area (Å²) >= 11 is 0. The molecule has 0 aliphatic carbocycles. The van der Waals surface area contributed by atoms with Crippen LogP contribution in [0.5, 0.6) is 0 Å². The molecule has 10 heteroatoms. The molecule has 7 rings (SSSR count). The van der Waals surface area contributed by atoms with Crippen molar-refractivity contribution in [1.82, 2.24) is 19.8 Å². The number of amides is 4. The molecule has 4 aromatic carbocycles. The largest absolute Gasteiger partial charge is 0.344 e. The van der Waals surface area contributed by atoms with Gasteiger partial charge in [0.15, 0.2) is 0 Å². The Hall–Kier alpha value is -6.03. The van der Waals surface area contributed by atoms with Crippen LogP contribution in [-0.2, 0) is 32.0 Å². The van der Waals surface area contributed by atoms with Gasteiger partial charge in [-0.2, -0.15) is 0 Å². The molecule has 10 nitrogen and oxygen atoms in total. The molecular formula is C41H40N6O4. The molecule has 0 bridgehead atoms. The van der Waals surface area contributed by atoms with Gasteiger partial charge in [0.1, 0.15) is 12.1 Å². The number of carbonyl (C=O) groups excluding carboxylic acids is 4. The van der Waals surface area contributed by atoms with Crippen LogP contribution in [0, 0.1) is 0 Å². The van der Waals surface area contributed by atoms with Crippen molar-refractivity contribution in [3.8, 4) is 22.5 Å². The lowest BCUT2D eigenvalue weighted by molar-refractivity contribution is -0.136. The van der Waals surface area contributed by atoms with Crippen LogP contribution in [0.25, 0.3) is 22.5 Å². The number of likely N-dealkylation sites (tertiary alicyclic amines) is 2. The second-order valence-corrected chi connectivity index (χ2v) is 13.1.